The molecule has 0 amide bonds. The fourth-order valence-electron chi connectivity index (χ4n) is 9.51. The zero-order chi connectivity index (χ0) is 28.5. The number of phenols is 2. The Balaban J connectivity index is 1.55. The Morgan fingerprint density at radius 3 is 1.30 bits per heavy atom. The summed E-state index contributed by atoms with van der Waals surface area (Å²) in [5.74, 6) is -12.2. The first-order valence-electron chi connectivity index (χ1n) is 12.9. The van der Waals surface area contributed by atoms with E-state index < -0.39 is 104 Å². The summed E-state index contributed by atoms with van der Waals surface area (Å²) in [6.07, 6.45) is -3.37. The van der Waals surface area contributed by atoms with E-state index in [1.165, 1.54) is 24.3 Å². The molecule has 6 N–H and O–H groups in total. The molecule has 10 heteroatoms. The standard InChI is InChI=1S/C30H22O10/c1-7-3-9-13(11(31)5-7)21(33)17-25(37)20-23(35)15-16-24(36)19(29(15,17)27(9)39)26(38)18-22(34)14-10(28(40)30(16,18)20)4-8(2)6-12(14)32/h3-6,15-16,19-20,23-24,31-36H,1-2H3/t15?,16?,19-,20-,23-,24-,29?,30?/m1/s1. The van der Waals surface area contributed by atoms with Crippen LogP contribution in [0.5, 0.6) is 11.5 Å². The highest BCUT2D eigenvalue weighted by Crippen LogP contribution is 2.80. The molecule has 40 heavy (non-hydrogen) atoms. The van der Waals surface area contributed by atoms with Gasteiger partial charge in [0, 0.05) is 23.0 Å². The molecule has 4 bridgehead atoms. The second-order valence-electron chi connectivity index (χ2n) is 12.0. The van der Waals surface area contributed by atoms with Crippen LogP contribution in [0.15, 0.2) is 35.4 Å². The first-order chi connectivity index (χ1) is 18.8. The Hall–Kier alpha value is -4.28. The monoisotopic (exact) mass is 542 g/mol. The van der Waals surface area contributed by atoms with E-state index in [-0.39, 0.29) is 22.3 Å². The maximum absolute atomic E-state index is 14.5. The van der Waals surface area contributed by atoms with Crippen molar-refractivity contribution in [3.8, 4) is 11.5 Å². The second kappa shape index (κ2) is 6.54. The first kappa shape index (κ1) is 23.6. The molecule has 10 nitrogen and oxygen atoms in total. The molecule has 4 saturated carbocycles. The summed E-state index contributed by atoms with van der Waals surface area (Å²) in [6, 6.07) is 5.37. The van der Waals surface area contributed by atoms with E-state index in [9.17, 15) is 49.8 Å². The van der Waals surface area contributed by atoms with Gasteiger partial charge in [-0.15, -0.1) is 0 Å². The molecule has 4 unspecified atom stereocenters. The number of aryl methyl sites for hydroxylation is 2. The molecular weight excluding hydrogens is 520 g/mol. The normalized spacial score (nSPS) is 38.1. The van der Waals surface area contributed by atoms with Crippen LogP contribution in [0.25, 0.3) is 11.5 Å². The first-order valence-corrected chi connectivity index (χ1v) is 12.9. The summed E-state index contributed by atoms with van der Waals surface area (Å²) >= 11 is 0. The molecule has 0 radical (unpaired) electrons. The van der Waals surface area contributed by atoms with Gasteiger partial charge < -0.3 is 30.6 Å². The van der Waals surface area contributed by atoms with E-state index in [0.717, 1.165) is 0 Å². The van der Waals surface area contributed by atoms with Crippen molar-refractivity contribution in [3.05, 3.63) is 68.8 Å². The lowest BCUT2D eigenvalue weighted by Crippen LogP contribution is -2.65. The number of benzene rings is 2. The van der Waals surface area contributed by atoms with Gasteiger partial charge in [0.05, 0.1) is 57.1 Å². The predicted octanol–water partition coefficient (Wildman–Crippen LogP) is 1.70. The molecule has 2 aromatic carbocycles. The number of ketones is 4. The number of aliphatic hydroxyl groups is 4. The Bertz CT molecular complexity index is 1680. The largest absolute Gasteiger partial charge is 0.507 e. The van der Waals surface area contributed by atoms with Gasteiger partial charge in [-0.05, 0) is 49.2 Å². The summed E-state index contributed by atoms with van der Waals surface area (Å²) in [5.41, 5.74) is -5.58. The van der Waals surface area contributed by atoms with Crippen molar-refractivity contribution in [1.29, 1.82) is 0 Å². The quantitative estimate of drug-likeness (QED) is 0.286. The second-order valence-corrected chi connectivity index (χ2v) is 12.0. The van der Waals surface area contributed by atoms with Crippen molar-refractivity contribution in [2.75, 3.05) is 0 Å². The maximum Gasteiger partial charge on any atom is 0.175 e. The van der Waals surface area contributed by atoms with Crippen molar-refractivity contribution in [2.24, 2.45) is 34.5 Å². The molecule has 8 atom stereocenters. The molecule has 0 aromatic heterocycles. The lowest BCUT2D eigenvalue weighted by molar-refractivity contribution is -0.142. The van der Waals surface area contributed by atoms with E-state index in [2.05, 4.69) is 0 Å². The average molecular weight is 542 g/mol. The van der Waals surface area contributed by atoms with Crippen molar-refractivity contribution in [3.63, 3.8) is 0 Å². The third kappa shape index (κ3) is 1.96. The molecule has 8 rings (SSSR count). The SMILES string of the molecule is Cc1cc(O)c2c(c1)C(=O)C13C(=C2O)C(=O)[C@H]2[C@H](O)C1C1[C@@H](O)[C@@H]3C(=O)C3=C(O)c4c(O)cc(C)cc4C(=O)C312. The zero-order valence-corrected chi connectivity index (χ0v) is 21.1. The Kier molecular flexibility index (Phi) is 3.86. The van der Waals surface area contributed by atoms with Crippen LogP contribution in [0.2, 0.25) is 0 Å². The van der Waals surface area contributed by atoms with E-state index in [1.807, 2.05) is 0 Å². The Morgan fingerprint density at radius 2 is 0.950 bits per heavy atom. The summed E-state index contributed by atoms with van der Waals surface area (Å²) in [4.78, 5) is 57.9. The Labute approximate surface area is 225 Å². The Morgan fingerprint density at radius 1 is 0.600 bits per heavy atom. The number of carbonyl (C=O) groups is 4. The van der Waals surface area contributed by atoms with E-state index in [1.54, 1.807) is 13.8 Å². The number of hydrogen-bond acceptors (Lipinski definition) is 10. The number of rotatable bonds is 0. The van der Waals surface area contributed by atoms with Crippen LogP contribution >= 0.6 is 0 Å². The van der Waals surface area contributed by atoms with E-state index in [4.69, 9.17) is 0 Å². The van der Waals surface area contributed by atoms with Crippen LogP contribution < -0.4 is 0 Å². The number of aliphatic hydroxyl groups excluding tert-OH is 4. The average Bonchev–Trinajstić information content (AvgIpc) is 3.22. The molecule has 0 aliphatic heterocycles. The van der Waals surface area contributed by atoms with E-state index in [0.29, 0.717) is 11.1 Å². The summed E-state index contributed by atoms with van der Waals surface area (Å²) in [7, 11) is 0. The van der Waals surface area contributed by atoms with Gasteiger partial charge in [-0.1, -0.05) is 0 Å². The van der Waals surface area contributed by atoms with Crippen molar-refractivity contribution in [2.45, 2.75) is 26.1 Å². The van der Waals surface area contributed by atoms with Gasteiger partial charge in [0.25, 0.3) is 0 Å². The molecule has 6 aliphatic carbocycles. The minimum Gasteiger partial charge on any atom is -0.507 e. The molecular formula is C30H22O10. The van der Waals surface area contributed by atoms with Gasteiger partial charge in [0.15, 0.2) is 23.1 Å². The van der Waals surface area contributed by atoms with Crippen molar-refractivity contribution < 1.29 is 49.8 Å². The highest BCUT2D eigenvalue weighted by molar-refractivity contribution is 6.30. The molecule has 2 spiro atoms. The third-order valence-corrected chi connectivity index (χ3v) is 10.4. The van der Waals surface area contributed by atoms with Gasteiger partial charge in [-0.25, -0.2) is 0 Å². The molecule has 0 saturated heterocycles. The third-order valence-electron chi connectivity index (χ3n) is 10.4. The number of aromatic hydroxyl groups is 2. The highest BCUT2D eigenvalue weighted by Gasteiger charge is 2.89. The van der Waals surface area contributed by atoms with Gasteiger partial charge in [-0.2, -0.15) is 0 Å². The highest BCUT2D eigenvalue weighted by atomic mass is 16.3. The maximum atomic E-state index is 14.5. The summed E-state index contributed by atoms with van der Waals surface area (Å²) in [6.45, 7) is 3.19. The van der Waals surface area contributed by atoms with E-state index >= 15 is 0 Å². The lowest BCUT2D eigenvalue weighted by Gasteiger charge is -2.53. The minimum atomic E-state index is -2.25. The van der Waals surface area contributed by atoms with Crippen molar-refractivity contribution in [1.82, 2.24) is 0 Å². The number of Topliss-reactive ketones (excluding diaryl/α,β-unsaturated/α-hetero) is 4. The molecule has 0 heterocycles. The number of carbonyl (C=O) groups excluding carboxylic acids is 4. The van der Waals surface area contributed by atoms with Gasteiger partial charge in [-0.3, -0.25) is 19.2 Å². The smallest absolute Gasteiger partial charge is 0.175 e. The summed E-state index contributed by atoms with van der Waals surface area (Å²) in [5, 5.41) is 67.8. The number of allylic oxidation sites excluding steroid dienone is 2. The van der Waals surface area contributed by atoms with Crippen LogP contribution in [0.3, 0.4) is 0 Å². The van der Waals surface area contributed by atoms with Gasteiger partial charge in [0.1, 0.15) is 23.0 Å². The molecule has 202 valence electrons. The van der Waals surface area contributed by atoms with Crippen LogP contribution in [0, 0.1) is 48.3 Å². The number of phenolic OH excluding ortho intramolecular Hbond substituents is 2. The van der Waals surface area contributed by atoms with Crippen LogP contribution in [0.4, 0.5) is 0 Å². The van der Waals surface area contributed by atoms with Crippen LogP contribution in [-0.2, 0) is 9.59 Å². The fraction of sp³-hybridized carbons (Fsp3) is 0.333. The predicted molar refractivity (Wildman–Crippen MR) is 134 cm³/mol. The van der Waals surface area contributed by atoms with Gasteiger partial charge in [0.2, 0.25) is 0 Å². The van der Waals surface area contributed by atoms with Crippen molar-refractivity contribution >= 4 is 34.7 Å². The lowest BCUT2D eigenvalue weighted by atomic mass is 9.46. The van der Waals surface area contributed by atoms with Crippen LogP contribution in [0.1, 0.15) is 43.0 Å². The fourth-order valence-corrected chi connectivity index (χ4v) is 9.51. The molecule has 4 fully saturated rings. The summed E-state index contributed by atoms with van der Waals surface area (Å²) < 4.78 is 0. The molecule has 6 aliphatic rings. The zero-order valence-electron chi connectivity index (χ0n) is 21.1. The van der Waals surface area contributed by atoms with Crippen LogP contribution in [-0.4, -0.2) is 66.0 Å². The van der Waals surface area contributed by atoms with Gasteiger partial charge >= 0.3 is 0 Å². The number of fused-ring (bicyclic) bond motifs is 4. The number of hydrogen-bond donors (Lipinski definition) is 6. The molecule has 2 aromatic rings. The topological polar surface area (TPSA) is 190 Å². The minimum absolute atomic E-state index is 0.185.